The van der Waals surface area contributed by atoms with Crippen molar-refractivity contribution >= 4 is 45.0 Å². The summed E-state index contributed by atoms with van der Waals surface area (Å²) in [6.07, 6.45) is 1.55. The predicted octanol–water partition coefficient (Wildman–Crippen LogP) is 6.50. The average Bonchev–Trinajstić information content (AvgIpc) is 3.31. The Hall–Kier alpha value is -5.17. The van der Waals surface area contributed by atoms with Gasteiger partial charge in [-0.1, -0.05) is 48.5 Å². The van der Waals surface area contributed by atoms with Crippen molar-refractivity contribution in [3.05, 3.63) is 115 Å². The summed E-state index contributed by atoms with van der Waals surface area (Å²) in [5, 5.41) is 8.89. The molecular weight excluding hydrogens is 462 g/mol. The number of carbonyl (C=O) groups excluding carboxylic acids is 1. The number of nitrogens with one attached hydrogen (secondary N) is 2. The summed E-state index contributed by atoms with van der Waals surface area (Å²) in [6.45, 7) is 0.559. The normalized spacial score (nSPS) is 11.0. The van der Waals surface area contributed by atoms with Crippen LogP contribution in [0.3, 0.4) is 0 Å². The second-order valence-corrected chi connectivity index (χ2v) is 8.69. The SMILES string of the molecule is NC(=O)c1cccc(CNc2cccc(Nc3cc(-c4cccc5c4oc4ccccc45)ncn3)c2)c1. The lowest BCUT2D eigenvalue weighted by Gasteiger charge is -2.11. The fourth-order valence-electron chi connectivity index (χ4n) is 4.42. The number of nitrogens with zero attached hydrogens (tertiary/aromatic N) is 2. The molecule has 0 aliphatic heterocycles. The van der Waals surface area contributed by atoms with Crippen LogP contribution in [-0.4, -0.2) is 15.9 Å². The van der Waals surface area contributed by atoms with Crippen molar-refractivity contribution in [3.8, 4) is 11.3 Å². The molecule has 0 unspecified atom stereocenters. The van der Waals surface area contributed by atoms with E-state index in [1.165, 1.54) is 0 Å². The number of carbonyl (C=O) groups is 1. The molecule has 0 aliphatic carbocycles. The maximum atomic E-state index is 11.4. The molecular formula is C30H23N5O2. The summed E-state index contributed by atoms with van der Waals surface area (Å²) in [5.74, 6) is 0.234. The molecule has 0 aliphatic rings. The number of amides is 1. The van der Waals surface area contributed by atoms with Gasteiger partial charge in [0.25, 0.3) is 0 Å². The van der Waals surface area contributed by atoms with E-state index in [4.69, 9.17) is 10.2 Å². The Morgan fingerprint density at radius 3 is 2.54 bits per heavy atom. The van der Waals surface area contributed by atoms with Gasteiger partial charge in [0.1, 0.15) is 23.3 Å². The van der Waals surface area contributed by atoms with Crippen LogP contribution in [0.4, 0.5) is 17.2 Å². The van der Waals surface area contributed by atoms with Crippen molar-refractivity contribution < 1.29 is 9.21 Å². The minimum Gasteiger partial charge on any atom is -0.455 e. The maximum Gasteiger partial charge on any atom is 0.248 e. The van der Waals surface area contributed by atoms with E-state index in [-0.39, 0.29) is 0 Å². The van der Waals surface area contributed by atoms with Crippen molar-refractivity contribution in [2.45, 2.75) is 6.54 Å². The van der Waals surface area contributed by atoms with E-state index in [2.05, 4.69) is 32.7 Å². The van der Waals surface area contributed by atoms with Crippen molar-refractivity contribution in [3.63, 3.8) is 0 Å². The van der Waals surface area contributed by atoms with Crippen LogP contribution in [-0.2, 0) is 6.54 Å². The van der Waals surface area contributed by atoms with E-state index in [1.54, 1.807) is 18.5 Å². The Kier molecular flexibility index (Phi) is 5.71. The van der Waals surface area contributed by atoms with E-state index in [1.807, 2.05) is 72.8 Å². The first kappa shape index (κ1) is 22.3. The molecule has 0 bridgehead atoms. The Morgan fingerprint density at radius 2 is 1.62 bits per heavy atom. The van der Waals surface area contributed by atoms with Gasteiger partial charge in [0, 0.05) is 45.9 Å². The number of primary amides is 1. The van der Waals surface area contributed by atoms with E-state index >= 15 is 0 Å². The minimum atomic E-state index is -0.436. The Balaban J connectivity index is 1.23. The molecule has 2 aromatic heterocycles. The smallest absolute Gasteiger partial charge is 0.248 e. The third kappa shape index (κ3) is 4.58. The Morgan fingerprint density at radius 1 is 0.811 bits per heavy atom. The van der Waals surface area contributed by atoms with Crippen LogP contribution >= 0.6 is 0 Å². The third-order valence-electron chi connectivity index (χ3n) is 6.19. The van der Waals surface area contributed by atoms with E-state index in [0.29, 0.717) is 17.9 Å². The molecule has 0 saturated heterocycles. The van der Waals surface area contributed by atoms with Gasteiger partial charge in [-0.25, -0.2) is 9.97 Å². The van der Waals surface area contributed by atoms with E-state index in [9.17, 15) is 4.79 Å². The van der Waals surface area contributed by atoms with Gasteiger partial charge in [-0.05, 0) is 48.0 Å². The predicted molar refractivity (Wildman–Crippen MR) is 147 cm³/mol. The summed E-state index contributed by atoms with van der Waals surface area (Å²) in [4.78, 5) is 20.4. The molecule has 7 nitrogen and oxygen atoms in total. The first-order chi connectivity index (χ1) is 18.1. The zero-order chi connectivity index (χ0) is 25.2. The maximum absolute atomic E-state index is 11.4. The quantitative estimate of drug-likeness (QED) is 0.238. The summed E-state index contributed by atoms with van der Waals surface area (Å²) < 4.78 is 6.18. The number of nitrogens with two attached hydrogens (primary N) is 1. The highest BCUT2D eigenvalue weighted by molar-refractivity contribution is 6.09. The molecule has 1 amide bonds. The average molecular weight is 486 g/mol. The van der Waals surface area contributed by atoms with Gasteiger partial charge in [-0.2, -0.15) is 0 Å². The van der Waals surface area contributed by atoms with Crippen LogP contribution in [0.25, 0.3) is 33.2 Å². The number of hydrogen-bond acceptors (Lipinski definition) is 6. The largest absolute Gasteiger partial charge is 0.455 e. The molecule has 0 fully saturated rings. The highest BCUT2D eigenvalue weighted by atomic mass is 16.3. The summed E-state index contributed by atoms with van der Waals surface area (Å²) >= 11 is 0. The summed E-state index contributed by atoms with van der Waals surface area (Å²) in [7, 11) is 0. The highest BCUT2D eigenvalue weighted by Gasteiger charge is 2.13. The lowest BCUT2D eigenvalue weighted by Crippen LogP contribution is -2.11. The van der Waals surface area contributed by atoms with Crippen LogP contribution in [0.1, 0.15) is 15.9 Å². The number of para-hydroxylation sites is 2. The standard InChI is InChI=1S/C30H23N5O2/c31-30(36)20-7-3-6-19(14-20)17-32-21-8-4-9-22(15-21)35-28-16-26(33-18-34-28)25-12-5-11-24-23-10-1-2-13-27(23)37-29(24)25/h1-16,18,32H,17H2,(H2,31,36)(H,33,34,35). The third-order valence-corrected chi connectivity index (χ3v) is 6.19. The molecule has 180 valence electrons. The monoisotopic (exact) mass is 485 g/mol. The fraction of sp³-hybridized carbons (Fsp3) is 0.0333. The van der Waals surface area contributed by atoms with Crippen LogP contribution in [0, 0.1) is 0 Å². The first-order valence-electron chi connectivity index (χ1n) is 11.9. The van der Waals surface area contributed by atoms with Gasteiger partial charge in [-0.15, -0.1) is 0 Å². The zero-order valence-corrected chi connectivity index (χ0v) is 19.8. The number of fused-ring (bicyclic) bond motifs is 3. The molecule has 6 aromatic rings. The van der Waals surface area contributed by atoms with Crippen molar-refractivity contribution in [1.82, 2.24) is 9.97 Å². The fourth-order valence-corrected chi connectivity index (χ4v) is 4.42. The van der Waals surface area contributed by atoms with Crippen LogP contribution in [0.15, 0.2) is 108 Å². The van der Waals surface area contributed by atoms with Gasteiger partial charge >= 0.3 is 0 Å². The zero-order valence-electron chi connectivity index (χ0n) is 19.8. The summed E-state index contributed by atoms with van der Waals surface area (Å²) in [5.41, 5.74) is 12.0. The van der Waals surface area contributed by atoms with Crippen LogP contribution in [0.2, 0.25) is 0 Å². The summed E-state index contributed by atoms with van der Waals surface area (Å²) in [6, 6.07) is 31.2. The molecule has 6 rings (SSSR count). The number of anilines is 3. The number of furan rings is 1. The van der Waals surface area contributed by atoms with Crippen molar-refractivity contribution in [1.29, 1.82) is 0 Å². The molecule has 37 heavy (non-hydrogen) atoms. The molecule has 2 heterocycles. The van der Waals surface area contributed by atoms with Gasteiger partial charge in [-0.3, -0.25) is 4.79 Å². The van der Waals surface area contributed by atoms with E-state index in [0.717, 1.165) is 50.1 Å². The second kappa shape index (κ2) is 9.47. The Labute approximate surface area is 213 Å². The molecule has 0 spiro atoms. The molecule has 0 atom stereocenters. The second-order valence-electron chi connectivity index (χ2n) is 8.69. The van der Waals surface area contributed by atoms with Gasteiger partial charge in [0.05, 0.1) is 5.69 Å². The lowest BCUT2D eigenvalue weighted by atomic mass is 10.1. The van der Waals surface area contributed by atoms with E-state index < -0.39 is 5.91 Å². The van der Waals surface area contributed by atoms with Crippen molar-refractivity contribution in [2.24, 2.45) is 5.73 Å². The molecule has 0 saturated carbocycles. The molecule has 4 N–H and O–H groups in total. The topological polar surface area (TPSA) is 106 Å². The van der Waals surface area contributed by atoms with Gasteiger partial charge in [0.15, 0.2) is 0 Å². The first-order valence-corrected chi connectivity index (χ1v) is 11.9. The minimum absolute atomic E-state index is 0.436. The number of benzene rings is 4. The number of aromatic nitrogens is 2. The molecule has 0 radical (unpaired) electrons. The number of hydrogen-bond donors (Lipinski definition) is 3. The number of rotatable bonds is 7. The lowest BCUT2D eigenvalue weighted by molar-refractivity contribution is 0.1000. The van der Waals surface area contributed by atoms with Gasteiger partial charge in [0.2, 0.25) is 5.91 Å². The Bertz CT molecular complexity index is 1760. The van der Waals surface area contributed by atoms with Crippen LogP contribution < -0.4 is 16.4 Å². The highest BCUT2D eigenvalue weighted by Crippen LogP contribution is 2.35. The molecule has 4 aromatic carbocycles. The van der Waals surface area contributed by atoms with Crippen LogP contribution in [0.5, 0.6) is 0 Å². The van der Waals surface area contributed by atoms with Gasteiger partial charge < -0.3 is 20.8 Å². The molecule has 7 heteroatoms. The van der Waals surface area contributed by atoms with Crippen molar-refractivity contribution in [2.75, 3.05) is 10.6 Å².